The molecule has 0 amide bonds. The number of nitrogens with zero attached hydrogens (tertiary/aromatic N) is 1. The van der Waals surface area contributed by atoms with Crippen LogP contribution in [0.15, 0.2) is 15.7 Å². The molecule has 0 bridgehead atoms. The fourth-order valence-electron chi connectivity index (χ4n) is 2.08. The number of nitrogens with two attached hydrogens (primary N) is 1. The van der Waals surface area contributed by atoms with Crippen LogP contribution in [0.2, 0.25) is 0 Å². The third-order valence-corrected chi connectivity index (χ3v) is 6.26. The normalized spacial score (nSPS) is 20.6. The van der Waals surface area contributed by atoms with Crippen molar-refractivity contribution in [3.05, 3.63) is 11.4 Å². The van der Waals surface area contributed by atoms with Gasteiger partial charge in [0.05, 0.1) is 6.61 Å². The van der Waals surface area contributed by atoms with E-state index in [1.807, 2.05) is 0 Å². The minimum atomic E-state index is -3.66. The standard InChI is InChI=1S/C11H16N2O4S2/c1-2-17-11(14)9-4-3-5-13(9)19(15,16)10-6-8(12)7-18-10/h6-7,9H,2-5,12H2,1H3. The second-order valence-corrected chi connectivity index (χ2v) is 7.25. The van der Waals surface area contributed by atoms with Gasteiger partial charge in [-0.05, 0) is 25.8 Å². The Balaban J connectivity index is 2.27. The highest BCUT2D eigenvalue weighted by Crippen LogP contribution is 2.30. The first-order valence-corrected chi connectivity index (χ1v) is 8.31. The highest BCUT2D eigenvalue weighted by atomic mass is 32.2. The van der Waals surface area contributed by atoms with Gasteiger partial charge in [-0.1, -0.05) is 0 Å². The molecule has 106 valence electrons. The van der Waals surface area contributed by atoms with Crippen LogP contribution in [0.5, 0.6) is 0 Å². The van der Waals surface area contributed by atoms with E-state index in [9.17, 15) is 13.2 Å². The number of hydrogen-bond acceptors (Lipinski definition) is 6. The van der Waals surface area contributed by atoms with Crippen molar-refractivity contribution < 1.29 is 17.9 Å². The van der Waals surface area contributed by atoms with Crippen molar-refractivity contribution in [2.45, 2.75) is 30.0 Å². The second-order valence-electron chi connectivity index (χ2n) is 4.22. The summed E-state index contributed by atoms with van der Waals surface area (Å²) in [5.74, 6) is -0.479. The summed E-state index contributed by atoms with van der Waals surface area (Å²) < 4.78 is 31.2. The number of ether oxygens (including phenoxy) is 1. The maximum Gasteiger partial charge on any atom is 0.324 e. The molecule has 1 aliphatic heterocycles. The van der Waals surface area contributed by atoms with Crippen LogP contribution < -0.4 is 5.73 Å². The topological polar surface area (TPSA) is 89.7 Å². The van der Waals surface area contributed by atoms with E-state index in [1.165, 1.54) is 10.4 Å². The third-order valence-electron chi connectivity index (χ3n) is 2.92. The molecule has 0 aliphatic carbocycles. The maximum absolute atomic E-state index is 12.4. The molecule has 1 aliphatic rings. The van der Waals surface area contributed by atoms with Gasteiger partial charge in [0.25, 0.3) is 10.0 Å². The van der Waals surface area contributed by atoms with Gasteiger partial charge >= 0.3 is 5.97 Å². The van der Waals surface area contributed by atoms with Crippen molar-refractivity contribution in [2.24, 2.45) is 0 Å². The van der Waals surface area contributed by atoms with Crippen molar-refractivity contribution in [1.82, 2.24) is 4.31 Å². The van der Waals surface area contributed by atoms with E-state index in [0.29, 0.717) is 25.1 Å². The molecule has 1 unspecified atom stereocenters. The number of hydrogen-bond donors (Lipinski definition) is 1. The van der Waals surface area contributed by atoms with Gasteiger partial charge < -0.3 is 10.5 Å². The monoisotopic (exact) mass is 304 g/mol. The predicted molar refractivity (Wildman–Crippen MR) is 72.3 cm³/mol. The van der Waals surface area contributed by atoms with Gasteiger partial charge in [0.15, 0.2) is 0 Å². The summed E-state index contributed by atoms with van der Waals surface area (Å²) in [6.07, 6.45) is 1.16. The lowest BCUT2D eigenvalue weighted by molar-refractivity contribution is -0.146. The Morgan fingerprint density at radius 1 is 1.63 bits per heavy atom. The van der Waals surface area contributed by atoms with E-state index in [2.05, 4.69) is 0 Å². The fraction of sp³-hybridized carbons (Fsp3) is 0.545. The van der Waals surface area contributed by atoms with Crippen LogP contribution in [0.25, 0.3) is 0 Å². The van der Waals surface area contributed by atoms with Crippen LogP contribution in [0.1, 0.15) is 19.8 Å². The molecule has 0 radical (unpaired) electrons. The van der Waals surface area contributed by atoms with E-state index in [-0.39, 0.29) is 10.8 Å². The summed E-state index contributed by atoms with van der Waals surface area (Å²) in [6.45, 7) is 2.28. The van der Waals surface area contributed by atoms with Gasteiger partial charge in [-0.3, -0.25) is 4.79 Å². The average Bonchev–Trinajstić information content (AvgIpc) is 2.97. The second kappa shape index (κ2) is 5.48. The fourth-order valence-corrected chi connectivity index (χ4v) is 4.94. The number of anilines is 1. The van der Waals surface area contributed by atoms with Crippen molar-refractivity contribution >= 4 is 33.0 Å². The first-order valence-electron chi connectivity index (χ1n) is 5.99. The number of esters is 1. The minimum Gasteiger partial charge on any atom is -0.465 e. The van der Waals surface area contributed by atoms with Gasteiger partial charge in [0.1, 0.15) is 10.3 Å². The van der Waals surface area contributed by atoms with E-state index in [0.717, 1.165) is 11.3 Å². The zero-order valence-electron chi connectivity index (χ0n) is 10.5. The molecule has 2 heterocycles. The van der Waals surface area contributed by atoms with Gasteiger partial charge in [-0.15, -0.1) is 11.3 Å². The number of thiophene rings is 1. The molecule has 1 fully saturated rings. The zero-order valence-corrected chi connectivity index (χ0v) is 12.2. The molecule has 1 aromatic rings. The molecule has 1 aromatic heterocycles. The molecule has 0 spiro atoms. The predicted octanol–water partition coefficient (Wildman–Crippen LogP) is 1.05. The highest BCUT2D eigenvalue weighted by Gasteiger charge is 2.40. The van der Waals surface area contributed by atoms with E-state index < -0.39 is 22.0 Å². The first kappa shape index (κ1) is 14.3. The number of carbonyl (C=O) groups is 1. The Kier molecular flexibility index (Phi) is 4.12. The summed E-state index contributed by atoms with van der Waals surface area (Å²) in [5, 5.41) is 1.57. The van der Waals surface area contributed by atoms with Crippen molar-refractivity contribution in [1.29, 1.82) is 0 Å². The lowest BCUT2D eigenvalue weighted by Crippen LogP contribution is -2.41. The molecule has 0 aromatic carbocycles. The van der Waals surface area contributed by atoms with Gasteiger partial charge in [-0.25, -0.2) is 8.42 Å². The number of rotatable bonds is 4. The van der Waals surface area contributed by atoms with Crippen LogP contribution in [0.3, 0.4) is 0 Å². The third kappa shape index (κ3) is 2.75. The van der Waals surface area contributed by atoms with Crippen molar-refractivity contribution in [3.63, 3.8) is 0 Å². The minimum absolute atomic E-state index is 0.168. The largest absolute Gasteiger partial charge is 0.465 e. The molecule has 8 heteroatoms. The molecular weight excluding hydrogens is 288 g/mol. The SMILES string of the molecule is CCOC(=O)C1CCCN1S(=O)(=O)c1cc(N)cs1. The molecular formula is C11H16N2O4S2. The summed E-state index contributed by atoms with van der Waals surface area (Å²) in [6, 6.07) is 0.703. The van der Waals surface area contributed by atoms with Crippen molar-refractivity contribution in [2.75, 3.05) is 18.9 Å². The summed E-state index contributed by atoms with van der Waals surface area (Å²) >= 11 is 1.06. The summed E-state index contributed by atoms with van der Waals surface area (Å²) in [5.41, 5.74) is 5.96. The molecule has 0 saturated carbocycles. The number of nitrogen functional groups attached to an aromatic ring is 1. The Morgan fingerprint density at radius 3 is 2.95 bits per heavy atom. The average molecular weight is 304 g/mol. The summed E-state index contributed by atoms with van der Waals surface area (Å²) in [7, 11) is -3.66. The number of sulfonamides is 1. The molecule has 2 N–H and O–H groups in total. The smallest absolute Gasteiger partial charge is 0.324 e. The zero-order chi connectivity index (χ0) is 14.0. The quantitative estimate of drug-likeness (QED) is 0.840. The molecule has 6 nitrogen and oxygen atoms in total. The number of carbonyl (C=O) groups excluding carboxylic acids is 1. The lowest BCUT2D eigenvalue weighted by Gasteiger charge is -2.21. The molecule has 1 saturated heterocycles. The lowest BCUT2D eigenvalue weighted by atomic mass is 10.2. The molecule has 1 atom stereocenters. The molecule has 2 rings (SSSR count). The Labute approximate surface area is 116 Å². The van der Waals surface area contributed by atoms with Crippen LogP contribution >= 0.6 is 11.3 Å². The van der Waals surface area contributed by atoms with Crippen LogP contribution in [0.4, 0.5) is 5.69 Å². The highest BCUT2D eigenvalue weighted by molar-refractivity contribution is 7.91. The maximum atomic E-state index is 12.4. The van der Waals surface area contributed by atoms with Crippen LogP contribution in [-0.2, 0) is 19.6 Å². The van der Waals surface area contributed by atoms with Gasteiger partial charge in [0, 0.05) is 17.6 Å². The first-order chi connectivity index (χ1) is 8.96. The van der Waals surface area contributed by atoms with E-state index >= 15 is 0 Å². The Hall–Kier alpha value is -1.12. The van der Waals surface area contributed by atoms with Gasteiger partial charge in [0.2, 0.25) is 0 Å². The Morgan fingerprint density at radius 2 is 2.37 bits per heavy atom. The van der Waals surface area contributed by atoms with Crippen LogP contribution in [0, 0.1) is 0 Å². The summed E-state index contributed by atoms with van der Waals surface area (Å²) in [4.78, 5) is 11.8. The van der Waals surface area contributed by atoms with Crippen LogP contribution in [-0.4, -0.2) is 37.9 Å². The van der Waals surface area contributed by atoms with Gasteiger partial charge in [-0.2, -0.15) is 4.31 Å². The molecule has 19 heavy (non-hydrogen) atoms. The van der Waals surface area contributed by atoms with E-state index in [1.54, 1.807) is 12.3 Å². The van der Waals surface area contributed by atoms with Crippen molar-refractivity contribution in [3.8, 4) is 0 Å². The van der Waals surface area contributed by atoms with E-state index in [4.69, 9.17) is 10.5 Å². The Bertz CT molecular complexity index is 567.